The zero-order valence-corrected chi connectivity index (χ0v) is 13.6. The SMILES string of the molecule is CCNC(=NCC1CCCC(C)C1)NCCCOCC. The molecule has 0 heterocycles. The van der Waals surface area contributed by atoms with E-state index in [1.165, 1.54) is 25.7 Å². The maximum Gasteiger partial charge on any atom is 0.191 e. The van der Waals surface area contributed by atoms with Gasteiger partial charge in [-0.25, -0.2) is 0 Å². The van der Waals surface area contributed by atoms with E-state index in [-0.39, 0.29) is 0 Å². The van der Waals surface area contributed by atoms with Gasteiger partial charge in [-0.1, -0.05) is 19.8 Å². The van der Waals surface area contributed by atoms with Crippen LogP contribution >= 0.6 is 0 Å². The molecule has 20 heavy (non-hydrogen) atoms. The van der Waals surface area contributed by atoms with E-state index in [4.69, 9.17) is 9.73 Å². The van der Waals surface area contributed by atoms with Crippen molar-refractivity contribution in [3.8, 4) is 0 Å². The van der Waals surface area contributed by atoms with E-state index >= 15 is 0 Å². The van der Waals surface area contributed by atoms with Gasteiger partial charge in [0.25, 0.3) is 0 Å². The van der Waals surface area contributed by atoms with Crippen molar-refractivity contribution in [2.45, 2.75) is 52.9 Å². The number of guanidine groups is 1. The summed E-state index contributed by atoms with van der Waals surface area (Å²) in [6, 6.07) is 0. The van der Waals surface area contributed by atoms with Gasteiger partial charge in [0.2, 0.25) is 0 Å². The quantitative estimate of drug-likeness (QED) is 0.409. The number of hydrogen-bond donors (Lipinski definition) is 2. The first-order valence-electron chi connectivity index (χ1n) is 8.36. The van der Waals surface area contributed by atoms with Gasteiger partial charge in [-0.2, -0.15) is 0 Å². The fourth-order valence-electron chi connectivity index (χ4n) is 2.81. The van der Waals surface area contributed by atoms with Gasteiger partial charge in [0, 0.05) is 32.8 Å². The molecule has 4 nitrogen and oxygen atoms in total. The first-order valence-corrected chi connectivity index (χ1v) is 8.36. The molecule has 1 rings (SSSR count). The van der Waals surface area contributed by atoms with Crippen LogP contribution in [-0.2, 0) is 4.74 Å². The summed E-state index contributed by atoms with van der Waals surface area (Å²) in [5.41, 5.74) is 0. The normalized spacial score (nSPS) is 23.6. The second kappa shape index (κ2) is 11.0. The Hall–Kier alpha value is -0.770. The van der Waals surface area contributed by atoms with E-state index in [2.05, 4.69) is 24.5 Å². The van der Waals surface area contributed by atoms with Gasteiger partial charge in [0.05, 0.1) is 0 Å². The first-order chi connectivity index (χ1) is 9.76. The Morgan fingerprint density at radius 1 is 1.25 bits per heavy atom. The fraction of sp³-hybridized carbons (Fsp3) is 0.938. The lowest BCUT2D eigenvalue weighted by molar-refractivity contribution is 0.145. The van der Waals surface area contributed by atoms with Crippen LogP contribution in [0.2, 0.25) is 0 Å². The topological polar surface area (TPSA) is 45.7 Å². The number of rotatable bonds is 8. The second-order valence-electron chi connectivity index (χ2n) is 5.83. The number of ether oxygens (including phenoxy) is 1. The van der Waals surface area contributed by atoms with Crippen molar-refractivity contribution in [2.24, 2.45) is 16.8 Å². The Morgan fingerprint density at radius 2 is 2.10 bits per heavy atom. The molecule has 2 N–H and O–H groups in total. The summed E-state index contributed by atoms with van der Waals surface area (Å²) in [4.78, 5) is 4.74. The highest BCUT2D eigenvalue weighted by Crippen LogP contribution is 2.28. The summed E-state index contributed by atoms with van der Waals surface area (Å²) < 4.78 is 5.34. The molecule has 4 heteroatoms. The number of hydrogen-bond acceptors (Lipinski definition) is 2. The lowest BCUT2D eigenvalue weighted by atomic mass is 9.82. The standard InChI is InChI=1S/C16H33N3O/c1-4-17-16(18-10-7-11-20-5-2)19-13-15-9-6-8-14(3)12-15/h14-15H,4-13H2,1-3H3,(H2,17,18,19). The summed E-state index contributed by atoms with van der Waals surface area (Å²) in [5.74, 6) is 2.62. The fourth-order valence-corrected chi connectivity index (χ4v) is 2.81. The maximum atomic E-state index is 5.34. The molecule has 118 valence electrons. The third kappa shape index (κ3) is 7.73. The average Bonchev–Trinajstić information content (AvgIpc) is 2.44. The molecule has 0 aromatic heterocycles. The molecule has 1 fully saturated rings. The highest BCUT2D eigenvalue weighted by atomic mass is 16.5. The summed E-state index contributed by atoms with van der Waals surface area (Å²) in [6.07, 6.45) is 6.49. The Balaban J connectivity index is 2.26. The Bertz CT molecular complexity index is 268. The predicted octanol–water partition coefficient (Wildman–Crippen LogP) is 2.79. The largest absolute Gasteiger partial charge is 0.382 e. The molecule has 0 aromatic carbocycles. The zero-order valence-electron chi connectivity index (χ0n) is 13.6. The first kappa shape index (κ1) is 17.3. The highest BCUT2D eigenvalue weighted by Gasteiger charge is 2.18. The lowest BCUT2D eigenvalue weighted by Crippen LogP contribution is -2.38. The molecule has 0 aliphatic heterocycles. The molecule has 2 atom stereocenters. The summed E-state index contributed by atoms with van der Waals surface area (Å²) >= 11 is 0. The third-order valence-electron chi connectivity index (χ3n) is 3.86. The van der Waals surface area contributed by atoms with E-state index in [1.807, 2.05) is 6.92 Å². The molecule has 0 saturated heterocycles. The van der Waals surface area contributed by atoms with Crippen LogP contribution in [0, 0.1) is 11.8 Å². The number of nitrogens with one attached hydrogen (secondary N) is 2. The Morgan fingerprint density at radius 3 is 2.80 bits per heavy atom. The van der Waals surface area contributed by atoms with E-state index in [0.717, 1.165) is 57.1 Å². The molecule has 0 aromatic rings. The molecule has 1 aliphatic rings. The molecule has 0 bridgehead atoms. The van der Waals surface area contributed by atoms with Gasteiger partial charge < -0.3 is 15.4 Å². The molecule has 0 spiro atoms. The minimum atomic E-state index is 0.776. The molecular weight excluding hydrogens is 250 g/mol. The smallest absolute Gasteiger partial charge is 0.191 e. The van der Waals surface area contributed by atoms with E-state index in [0.29, 0.717) is 0 Å². The Kier molecular flexibility index (Phi) is 9.46. The molecule has 0 radical (unpaired) electrons. The molecular formula is C16H33N3O. The van der Waals surface area contributed by atoms with Crippen LogP contribution in [0.1, 0.15) is 52.9 Å². The lowest BCUT2D eigenvalue weighted by Gasteiger charge is -2.25. The van der Waals surface area contributed by atoms with Crippen LogP contribution < -0.4 is 10.6 Å². The van der Waals surface area contributed by atoms with Gasteiger partial charge in [-0.05, 0) is 44.9 Å². The summed E-state index contributed by atoms with van der Waals surface area (Å²) in [5, 5.41) is 6.71. The van der Waals surface area contributed by atoms with Gasteiger partial charge in [0.1, 0.15) is 0 Å². The van der Waals surface area contributed by atoms with Crippen molar-refractivity contribution in [3.05, 3.63) is 0 Å². The second-order valence-corrected chi connectivity index (χ2v) is 5.83. The van der Waals surface area contributed by atoms with E-state index in [9.17, 15) is 0 Å². The number of nitrogens with zero attached hydrogens (tertiary/aromatic N) is 1. The van der Waals surface area contributed by atoms with Gasteiger partial charge in [-0.15, -0.1) is 0 Å². The van der Waals surface area contributed by atoms with Crippen LogP contribution in [0.4, 0.5) is 0 Å². The van der Waals surface area contributed by atoms with Crippen molar-refractivity contribution in [1.29, 1.82) is 0 Å². The minimum absolute atomic E-state index is 0.776. The van der Waals surface area contributed by atoms with Crippen molar-refractivity contribution < 1.29 is 4.74 Å². The molecule has 1 aliphatic carbocycles. The van der Waals surface area contributed by atoms with Gasteiger partial charge in [0.15, 0.2) is 5.96 Å². The summed E-state index contributed by atoms with van der Waals surface area (Å²) in [7, 11) is 0. The average molecular weight is 283 g/mol. The molecule has 2 unspecified atom stereocenters. The maximum absolute atomic E-state index is 5.34. The third-order valence-corrected chi connectivity index (χ3v) is 3.86. The molecule has 0 amide bonds. The predicted molar refractivity (Wildman–Crippen MR) is 86.2 cm³/mol. The van der Waals surface area contributed by atoms with Crippen LogP contribution in [0.25, 0.3) is 0 Å². The minimum Gasteiger partial charge on any atom is -0.382 e. The van der Waals surface area contributed by atoms with Crippen molar-refractivity contribution in [2.75, 3.05) is 32.8 Å². The van der Waals surface area contributed by atoms with Gasteiger partial charge in [-0.3, -0.25) is 4.99 Å². The van der Waals surface area contributed by atoms with Crippen molar-refractivity contribution in [1.82, 2.24) is 10.6 Å². The van der Waals surface area contributed by atoms with Crippen LogP contribution in [0.3, 0.4) is 0 Å². The van der Waals surface area contributed by atoms with Crippen molar-refractivity contribution in [3.63, 3.8) is 0 Å². The van der Waals surface area contributed by atoms with Crippen molar-refractivity contribution >= 4 is 5.96 Å². The van der Waals surface area contributed by atoms with Crippen LogP contribution in [0.5, 0.6) is 0 Å². The highest BCUT2D eigenvalue weighted by molar-refractivity contribution is 5.79. The van der Waals surface area contributed by atoms with Crippen LogP contribution in [0.15, 0.2) is 4.99 Å². The Labute approximate surface area is 124 Å². The molecule has 1 saturated carbocycles. The van der Waals surface area contributed by atoms with Crippen LogP contribution in [-0.4, -0.2) is 38.8 Å². The number of aliphatic imine (C=N–C) groups is 1. The zero-order chi connectivity index (χ0) is 14.6. The van der Waals surface area contributed by atoms with E-state index in [1.54, 1.807) is 0 Å². The van der Waals surface area contributed by atoms with Gasteiger partial charge >= 0.3 is 0 Å². The monoisotopic (exact) mass is 283 g/mol. The van der Waals surface area contributed by atoms with E-state index < -0.39 is 0 Å². The summed E-state index contributed by atoms with van der Waals surface area (Å²) in [6.45, 7) is 10.9.